The van der Waals surface area contributed by atoms with Crippen molar-refractivity contribution in [2.24, 2.45) is 5.73 Å². The van der Waals surface area contributed by atoms with Crippen LogP contribution >= 0.6 is 15.9 Å². The van der Waals surface area contributed by atoms with Gasteiger partial charge in [0.25, 0.3) is 0 Å². The zero-order chi connectivity index (χ0) is 11.4. The summed E-state index contributed by atoms with van der Waals surface area (Å²) >= 11 is 3.22. The van der Waals surface area contributed by atoms with Crippen molar-refractivity contribution in [3.8, 4) is 5.75 Å². The fourth-order valence-electron chi connectivity index (χ4n) is 1.34. The number of rotatable bonds is 4. The van der Waals surface area contributed by atoms with Gasteiger partial charge in [0.1, 0.15) is 5.75 Å². The molecular formula is C11H14BrNO2. The van der Waals surface area contributed by atoms with E-state index < -0.39 is 0 Å². The van der Waals surface area contributed by atoms with Crippen LogP contribution in [0.1, 0.15) is 29.3 Å². The molecule has 0 saturated carbocycles. The van der Waals surface area contributed by atoms with Gasteiger partial charge in [-0.3, -0.25) is 4.79 Å². The number of hydrogen-bond acceptors (Lipinski definition) is 3. The highest BCUT2D eigenvalue weighted by molar-refractivity contribution is 9.10. The number of carbonyl (C=O) groups is 1. The molecule has 1 rings (SSSR count). The maximum atomic E-state index is 11.6. The molecule has 0 bridgehead atoms. The Balaban J connectivity index is 3.15. The molecule has 0 fully saturated rings. The van der Waals surface area contributed by atoms with Crippen LogP contribution in [0.2, 0.25) is 0 Å². The Bertz CT molecular complexity index is 377. The highest BCUT2D eigenvalue weighted by Gasteiger charge is 2.14. The van der Waals surface area contributed by atoms with Crippen molar-refractivity contribution in [1.82, 2.24) is 0 Å². The minimum Gasteiger partial charge on any atom is -0.506 e. The molecule has 0 aliphatic carbocycles. The Kier molecular flexibility index (Phi) is 4.29. The lowest BCUT2D eigenvalue weighted by Gasteiger charge is -2.07. The summed E-state index contributed by atoms with van der Waals surface area (Å²) in [6, 6.07) is 3.53. The van der Waals surface area contributed by atoms with Crippen molar-refractivity contribution in [1.29, 1.82) is 0 Å². The van der Waals surface area contributed by atoms with Crippen molar-refractivity contribution >= 4 is 21.7 Å². The van der Waals surface area contributed by atoms with E-state index in [4.69, 9.17) is 5.73 Å². The summed E-state index contributed by atoms with van der Waals surface area (Å²) in [6.45, 7) is 2.29. The molecule has 0 heterocycles. The molecule has 0 aliphatic heterocycles. The number of phenolic OH excluding ortho intramolecular Hbond substituents is 1. The molecule has 0 unspecified atom stereocenters. The molecule has 0 saturated heterocycles. The lowest BCUT2D eigenvalue weighted by Crippen LogP contribution is -2.08. The smallest absolute Gasteiger partial charge is 0.167 e. The summed E-state index contributed by atoms with van der Waals surface area (Å²) < 4.78 is 0.558. The molecule has 0 aromatic heterocycles. The van der Waals surface area contributed by atoms with Gasteiger partial charge in [-0.1, -0.05) is 6.92 Å². The number of benzene rings is 1. The molecule has 0 atom stereocenters. The number of ketones is 1. The van der Waals surface area contributed by atoms with E-state index >= 15 is 0 Å². The van der Waals surface area contributed by atoms with Crippen LogP contribution in [-0.4, -0.2) is 17.4 Å². The van der Waals surface area contributed by atoms with Gasteiger partial charge in [-0.05, 0) is 46.6 Å². The van der Waals surface area contributed by atoms with Crippen LogP contribution in [0.15, 0.2) is 16.6 Å². The predicted octanol–water partition coefficient (Wildman–Crippen LogP) is 2.25. The van der Waals surface area contributed by atoms with Gasteiger partial charge in [0.15, 0.2) is 5.78 Å². The van der Waals surface area contributed by atoms with Crippen molar-refractivity contribution in [3.05, 3.63) is 27.7 Å². The molecule has 0 aliphatic rings. The number of carbonyl (C=O) groups excluding carboxylic acids is 1. The second-order valence-electron chi connectivity index (χ2n) is 3.29. The number of Topliss-reactive ketones (excluding diaryl/α,β-unsaturated/α-hetero) is 1. The van der Waals surface area contributed by atoms with Gasteiger partial charge in [0.2, 0.25) is 0 Å². The Morgan fingerprint density at radius 2 is 2.20 bits per heavy atom. The quantitative estimate of drug-likeness (QED) is 0.826. The molecular weight excluding hydrogens is 258 g/mol. The molecule has 1 aromatic carbocycles. The third-order valence-electron chi connectivity index (χ3n) is 2.20. The normalized spacial score (nSPS) is 10.3. The minimum absolute atomic E-state index is 0.00523. The van der Waals surface area contributed by atoms with Gasteiger partial charge in [-0.2, -0.15) is 0 Å². The molecule has 15 heavy (non-hydrogen) atoms. The Morgan fingerprint density at radius 3 is 2.73 bits per heavy atom. The molecule has 0 radical (unpaired) electrons. The largest absolute Gasteiger partial charge is 0.506 e. The van der Waals surface area contributed by atoms with Gasteiger partial charge in [-0.25, -0.2) is 0 Å². The number of phenols is 1. The molecule has 3 N–H and O–H groups in total. The Morgan fingerprint density at radius 1 is 1.53 bits per heavy atom. The fourth-order valence-corrected chi connectivity index (χ4v) is 1.85. The fraction of sp³-hybridized carbons (Fsp3) is 0.364. The summed E-state index contributed by atoms with van der Waals surface area (Å²) in [6.07, 6.45) is 1.08. The van der Waals surface area contributed by atoms with Crippen LogP contribution in [-0.2, 0) is 6.42 Å². The lowest BCUT2D eigenvalue weighted by atomic mass is 10.0. The number of aromatic hydroxyl groups is 1. The van der Waals surface area contributed by atoms with Gasteiger partial charge in [0.05, 0.1) is 10.0 Å². The number of aryl methyl sites for hydroxylation is 1. The second-order valence-corrected chi connectivity index (χ2v) is 4.14. The summed E-state index contributed by atoms with van der Waals surface area (Å²) in [7, 11) is 0. The maximum absolute atomic E-state index is 11.6. The third-order valence-corrected chi connectivity index (χ3v) is 2.81. The average molecular weight is 272 g/mol. The zero-order valence-corrected chi connectivity index (χ0v) is 10.2. The molecule has 82 valence electrons. The van der Waals surface area contributed by atoms with Gasteiger partial charge < -0.3 is 10.8 Å². The summed E-state index contributed by atoms with van der Waals surface area (Å²) in [4.78, 5) is 11.6. The lowest BCUT2D eigenvalue weighted by molar-refractivity contribution is 0.0982. The topological polar surface area (TPSA) is 63.3 Å². The van der Waals surface area contributed by atoms with E-state index in [1.807, 2.05) is 13.0 Å². The van der Waals surface area contributed by atoms with Crippen LogP contribution in [0.4, 0.5) is 0 Å². The number of hydrogen-bond donors (Lipinski definition) is 2. The number of nitrogens with two attached hydrogens (primary N) is 1. The van der Waals surface area contributed by atoms with Gasteiger partial charge >= 0.3 is 0 Å². The van der Waals surface area contributed by atoms with Crippen molar-refractivity contribution in [2.75, 3.05) is 6.54 Å². The highest BCUT2D eigenvalue weighted by Crippen LogP contribution is 2.30. The van der Waals surface area contributed by atoms with E-state index in [0.29, 0.717) is 16.6 Å². The third kappa shape index (κ3) is 2.79. The maximum Gasteiger partial charge on any atom is 0.167 e. The Hall–Kier alpha value is -0.870. The molecule has 0 spiro atoms. The first-order chi connectivity index (χ1) is 7.10. The van der Waals surface area contributed by atoms with Crippen molar-refractivity contribution in [2.45, 2.75) is 19.8 Å². The summed E-state index contributed by atoms with van der Waals surface area (Å²) in [5.41, 5.74) is 6.68. The molecule has 4 heteroatoms. The van der Waals surface area contributed by atoms with E-state index in [2.05, 4.69) is 15.9 Å². The van der Waals surface area contributed by atoms with E-state index in [9.17, 15) is 9.90 Å². The van der Waals surface area contributed by atoms with Crippen LogP contribution in [0.5, 0.6) is 5.75 Å². The van der Waals surface area contributed by atoms with Crippen LogP contribution in [0.3, 0.4) is 0 Å². The average Bonchev–Trinajstić information content (AvgIpc) is 2.22. The van der Waals surface area contributed by atoms with Crippen LogP contribution in [0, 0.1) is 0 Å². The monoisotopic (exact) mass is 271 g/mol. The van der Waals surface area contributed by atoms with Gasteiger partial charge in [0, 0.05) is 6.42 Å². The van der Waals surface area contributed by atoms with E-state index in [1.165, 1.54) is 0 Å². The van der Waals surface area contributed by atoms with Gasteiger partial charge in [-0.15, -0.1) is 0 Å². The standard InChI is InChI=1S/C11H14BrNO2/c1-2-7-5-8(10(14)3-4-13)11(15)9(12)6-7/h5-6,15H,2-4,13H2,1H3. The molecule has 0 amide bonds. The van der Waals surface area contributed by atoms with E-state index in [0.717, 1.165) is 12.0 Å². The first-order valence-corrected chi connectivity index (χ1v) is 5.64. The first kappa shape index (κ1) is 12.2. The second kappa shape index (κ2) is 5.28. The van der Waals surface area contributed by atoms with E-state index in [1.54, 1.807) is 6.07 Å². The van der Waals surface area contributed by atoms with Crippen molar-refractivity contribution in [3.63, 3.8) is 0 Å². The minimum atomic E-state index is -0.119. The van der Waals surface area contributed by atoms with Crippen LogP contribution < -0.4 is 5.73 Å². The highest BCUT2D eigenvalue weighted by atomic mass is 79.9. The number of halogens is 1. The summed E-state index contributed by atoms with van der Waals surface area (Å²) in [5, 5.41) is 9.71. The van der Waals surface area contributed by atoms with E-state index in [-0.39, 0.29) is 18.0 Å². The van der Waals surface area contributed by atoms with Crippen LogP contribution in [0.25, 0.3) is 0 Å². The Labute approximate surface area is 97.4 Å². The molecule has 1 aromatic rings. The zero-order valence-electron chi connectivity index (χ0n) is 8.59. The first-order valence-electron chi connectivity index (χ1n) is 4.84. The van der Waals surface area contributed by atoms with Crippen molar-refractivity contribution < 1.29 is 9.90 Å². The SMILES string of the molecule is CCc1cc(Br)c(O)c(C(=O)CCN)c1. The molecule has 3 nitrogen and oxygen atoms in total. The predicted molar refractivity (Wildman–Crippen MR) is 63.2 cm³/mol. The summed E-state index contributed by atoms with van der Waals surface area (Å²) in [5.74, 6) is -0.114.